The first kappa shape index (κ1) is 23.0. The van der Waals surface area contributed by atoms with Crippen molar-refractivity contribution in [2.45, 2.75) is 38.8 Å². The Morgan fingerprint density at radius 2 is 1.67 bits per heavy atom. The number of thiophene rings is 1. The van der Waals surface area contributed by atoms with E-state index >= 15 is 0 Å². The second kappa shape index (κ2) is 8.91. The zero-order valence-corrected chi connectivity index (χ0v) is 20.9. The fourth-order valence-corrected chi connectivity index (χ4v) is 5.98. The van der Waals surface area contributed by atoms with Crippen molar-refractivity contribution >= 4 is 27.2 Å². The summed E-state index contributed by atoms with van der Waals surface area (Å²) in [6.07, 6.45) is 2.83. The molecule has 0 amide bonds. The first-order valence-electron chi connectivity index (χ1n) is 12.1. The van der Waals surface area contributed by atoms with Crippen molar-refractivity contribution in [2.24, 2.45) is 0 Å². The van der Waals surface area contributed by atoms with Crippen LogP contribution in [0.1, 0.15) is 39.2 Å². The minimum absolute atomic E-state index is 0.112. The predicted octanol–water partition coefficient (Wildman–Crippen LogP) is 6.61. The number of benzene rings is 3. The third-order valence-corrected chi connectivity index (χ3v) is 7.98. The molecule has 1 aromatic heterocycles. The van der Waals surface area contributed by atoms with E-state index in [9.17, 15) is 14.3 Å². The van der Waals surface area contributed by atoms with Gasteiger partial charge in [-0.3, -0.25) is 9.69 Å². The summed E-state index contributed by atoms with van der Waals surface area (Å²) >= 11 is 1.25. The first-order chi connectivity index (χ1) is 17.4. The van der Waals surface area contributed by atoms with E-state index in [1.807, 2.05) is 24.3 Å². The van der Waals surface area contributed by atoms with Gasteiger partial charge in [0.05, 0.1) is 0 Å². The molecule has 4 aromatic rings. The molecule has 6 rings (SSSR count). The summed E-state index contributed by atoms with van der Waals surface area (Å²) in [5.41, 5.74) is 1.60. The van der Waals surface area contributed by atoms with Gasteiger partial charge in [0.1, 0.15) is 34.0 Å². The molecule has 7 heteroatoms. The van der Waals surface area contributed by atoms with Gasteiger partial charge in [0.2, 0.25) is 5.78 Å². The molecule has 3 aromatic carbocycles. The van der Waals surface area contributed by atoms with E-state index in [0.717, 1.165) is 35.0 Å². The van der Waals surface area contributed by atoms with Crippen LogP contribution >= 0.6 is 11.3 Å². The van der Waals surface area contributed by atoms with Crippen LogP contribution in [0.2, 0.25) is 0 Å². The van der Waals surface area contributed by atoms with Gasteiger partial charge in [0, 0.05) is 34.8 Å². The summed E-state index contributed by atoms with van der Waals surface area (Å²) < 4.78 is 27.0. The van der Waals surface area contributed by atoms with E-state index in [1.165, 1.54) is 36.3 Å². The molecule has 0 spiro atoms. The second-order valence-corrected chi connectivity index (χ2v) is 10.7. The molecule has 0 atom stereocenters. The van der Waals surface area contributed by atoms with Gasteiger partial charge in [0.15, 0.2) is 5.75 Å². The van der Waals surface area contributed by atoms with Gasteiger partial charge in [-0.05, 0) is 92.4 Å². The zero-order valence-electron chi connectivity index (χ0n) is 20.1. The van der Waals surface area contributed by atoms with E-state index < -0.39 is 0 Å². The maximum absolute atomic E-state index is 13.9. The van der Waals surface area contributed by atoms with Crippen molar-refractivity contribution < 1.29 is 23.8 Å². The molecule has 36 heavy (non-hydrogen) atoms. The predicted molar refractivity (Wildman–Crippen MR) is 138 cm³/mol. The highest BCUT2D eigenvalue weighted by Crippen LogP contribution is 2.43. The Balaban J connectivity index is 1.28. The van der Waals surface area contributed by atoms with Crippen LogP contribution in [0.25, 0.3) is 10.1 Å². The van der Waals surface area contributed by atoms with Crippen LogP contribution in [-0.2, 0) is 0 Å². The fraction of sp³-hybridized carbons (Fsp3) is 0.276. The van der Waals surface area contributed by atoms with E-state index in [1.54, 1.807) is 32.0 Å². The van der Waals surface area contributed by atoms with Gasteiger partial charge in [-0.15, -0.1) is 11.3 Å². The smallest absolute Gasteiger partial charge is 0.207 e. The number of rotatable bonds is 7. The Morgan fingerprint density at radius 3 is 2.33 bits per heavy atom. The second-order valence-electron chi connectivity index (χ2n) is 9.68. The number of aryl methyl sites for hydroxylation is 2. The number of phenols is 1. The monoisotopic (exact) mass is 503 g/mol. The van der Waals surface area contributed by atoms with Gasteiger partial charge in [-0.1, -0.05) is 0 Å². The molecule has 2 fully saturated rings. The van der Waals surface area contributed by atoms with Gasteiger partial charge < -0.3 is 14.6 Å². The molecule has 1 saturated heterocycles. The number of nitrogens with zero attached hydrogens (tertiary/aromatic N) is 1. The van der Waals surface area contributed by atoms with E-state index in [-0.39, 0.29) is 23.5 Å². The van der Waals surface area contributed by atoms with Crippen molar-refractivity contribution in [1.82, 2.24) is 4.90 Å². The number of aromatic hydroxyl groups is 1. The Kier molecular flexibility index (Phi) is 5.69. The molecule has 184 valence electrons. The normalized spacial score (nSPS) is 16.2. The molecule has 2 heterocycles. The van der Waals surface area contributed by atoms with Crippen LogP contribution in [0, 0.1) is 19.7 Å². The summed E-state index contributed by atoms with van der Waals surface area (Å²) in [5.74, 6) is 1.30. The maximum atomic E-state index is 13.9. The summed E-state index contributed by atoms with van der Waals surface area (Å²) in [7, 11) is 0. The summed E-state index contributed by atoms with van der Waals surface area (Å²) in [5, 5.41) is 10.7. The van der Waals surface area contributed by atoms with Crippen LogP contribution in [0.4, 0.5) is 4.39 Å². The average molecular weight is 504 g/mol. The minimum Gasteiger partial charge on any atom is -0.508 e. The van der Waals surface area contributed by atoms with Gasteiger partial charge >= 0.3 is 0 Å². The highest BCUT2D eigenvalue weighted by Gasteiger charge is 2.38. The van der Waals surface area contributed by atoms with E-state index in [4.69, 9.17) is 9.47 Å². The summed E-state index contributed by atoms with van der Waals surface area (Å²) in [6.45, 7) is 5.41. The highest BCUT2D eigenvalue weighted by atomic mass is 32.1. The van der Waals surface area contributed by atoms with Crippen molar-refractivity contribution in [3.8, 4) is 23.0 Å². The van der Waals surface area contributed by atoms with Crippen molar-refractivity contribution in [3.63, 3.8) is 0 Å². The van der Waals surface area contributed by atoms with Gasteiger partial charge in [-0.25, -0.2) is 4.39 Å². The summed E-state index contributed by atoms with van der Waals surface area (Å²) in [6, 6.07) is 15.9. The standard InChI is InChI=1S/C29H26FNO4S/c1-16-11-18(30)12-17(2)26(16)27(33)29-28(24-10-5-20(32)13-25(24)36-29)35-22-8-6-21(7-9-22)34-23-14-31(15-23)19-3-4-19/h5-13,19,23,32H,3-4,14-15H2,1-2H3. The van der Waals surface area contributed by atoms with Crippen LogP contribution in [0.5, 0.6) is 23.0 Å². The molecule has 0 unspecified atom stereocenters. The number of halogens is 1. The number of likely N-dealkylation sites (tertiary alicyclic amines) is 1. The molecule has 2 aliphatic rings. The lowest BCUT2D eigenvalue weighted by molar-refractivity contribution is 0.0143. The third kappa shape index (κ3) is 4.33. The Bertz CT molecular complexity index is 1450. The number of carbonyl (C=O) groups is 1. The average Bonchev–Trinajstić information content (AvgIpc) is 3.58. The molecular weight excluding hydrogens is 477 g/mol. The number of carbonyl (C=O) groups excluding carboxylic acids is 1. The SMILES string of the molecule is Cc1cc(F)cc(C)c1C(=O)c1sc2cc(O)ccc2c1Oc1ccc(OC2CN(C3CC3)C2)cc1. The van der Waals surface area contributed by atoms with Gasteiger partial charge in [0.25, 0.3) is 0 Å². The molecular formula is C29H26FNO4S. The zero-order chi connectivity index (χ0) is 25.0. The van der Waals surface area contributed by atoms with Crippen LogP contribution in [0.15, 0.2) is 54.6 Å². The van der Waals surface area contributed by atoms with Crippen LogP contribution in [0.3, 0.4) is 0 Å². The number of hydrogen-bond acceptors (Lipinski definition) is 6. The largest absolute Gasteiger partial charge is 0.508 e. The minimum atomic E-state index is -0.372. The van der Waals surface area contributed by atoms with Crippen LogP contribution < -0.4 is 9.47 Å². The Labute approximate surface area is 212 Å². The van der Waals surface area contributed by atoms with E-state index in [2.05, 4.69) is 4.90 Å². The van der Waals surface area contributed by atoms with Crippen molar-refractivity contribution in [2.75, 3.05) is 13.1 Å². The number of ether oxygens (including phenoxy) is 2. The Morgan fingerprint density at radius 1 is 1.00 bits per heavy atom. The number of hydrogen-bond donors (Lipinski definition) is 1. The lowest BCUT2D eigenvalue weighted by Gasteiger charge is -2.39. The molecule has 0 bridgehead atoms. The number of phenolic OH excluding ortho intramolecular Hbond substituents is 1. The first-order valence-corrected chi connectivity index (χ1v) is 12.9. The van der Waals surface area contributed by atoms with Gasteiger partial charge in [-0.2, -0.15) is 0 Å². The number of fused-ring (bicyclic) bond motifs is 1. The quantitative estimate of drug-likeness (QED) is 0.288. The lowest BCUT2D eigenvalue weighted by atomic mass is 9.97. The molecule has 5 nitrogen and oxygen atoms in total. The van der Waals surface area contributed by atoms with E-state index in [0.29, 0.717) is 33.1 Å². The molecule has 1 aliphatic heterocycles. The third-order valence-electron chi connectivity index (χ3n) is 6.84. The molecule has 0 radical (unpaired) electrons. The highest BCUT2D eigenvalue weighted by molar-refractivity contribution is 7.21. The van der Waals surface area contributed by atoms with Crippen molar-refractivity contribution in [1.29, 1.82) is 0 Å². The molecule has 1 N–H and O–H groups in total. The maximum Gasteiger partial charge on any atom is 0.207 e. The lowest BCUT2D eigenvalue weighted by Crippen LogP contribution is -2.54. The molecule has 1 saturated carbocycles. The number of ketones is 1. The van der Waals surface area contributed by atoms with Crippen molar-refractivity contribution in [3.05, 3.63) is 82.0 Å². The topological polar surface area (TPSA) is 59.0 Å². The Hall–Kier alpha value is -3.42. The summed E-state index contributed by atoms with van der Waals surface area (Å²) in [4.78, 5) is 16.5. The van der Waals surface area contributed by atoms with Crippen LogP contribution in [-0.4, -0.2) is 41.0 Å². The molecule has 1 aliphatic carbocycles. The fourth-order valence-electron chi connectivity index (χ4n) is 4.87.